The summed E-state index contributed by atoms with van der Waals surface area (Å²) in [5, 5.41) is 7.92. The highest BCUT2D eigenvalue weighted by Crippen LogP contribution is 2.33. The molecule has 1 N–H and O–H groups in total. The highest BCUT2D eigenvalue weighted by atomic mass is 15.1. The van der Waals surface area contributed by atoms with Crippen LogP contribution in [0.4, 0.5) is 0 Å². The van der Waals surface area contributed by atoms with Gasteiger partial charge in [-0.1, -0.05) is 12.8 Å². The van der Waals surface area contributed by atoms with E-state index in [1.54, 1.807) is 0 Å². The molecule has 1 unspecified atom stereocenters. The van der Waals surface area contributed by atoms with Crippen molar-refractivity contribution < 1.29 is 0 Å². The molecule has 0 amide bonds. The second-order valence-electron chi connectivity index (χ2n) is 3.44. The summed E-state index contributed by atoms with van der Waals surface area (Å²) in [6, 6.07) is 0.654. The van der Waals surface area contributed by atoms with Gasteiger partial charge in [0.25, 0.3) is 0 Å². The molecule has 1 atom stereocenters. The Kier molecular flexibility index (Phi) is 1.91. The number of hydrogen-bond acceptors (Lipinski definition) is 1. The van der Waals surface area contributed by atoms with Crippen molar-refractivity contribution in [1.29, 1.82) is 0 Å². The summed E-state index contributed by atoms with van der Waals surface area (Å²) in [5.74, 6) is 1.04. The number of hydrogen-bond donors (Lipinski definition) is 1. The molecule has 2 rings (SSSR count). The first kappa shape index (κ1) is 6.62. The van der Waals surface area contributed by atoms with E-state index in [2.05, 4.69) is 10.6 Å². The van der Waals surface area contributed by atoms with E-state index in [1.165, 1.54) is 19.3 Å². The lowest BCUT2D eigenvalue weighted by molar-refractivity contribution is 0.378. The molecule has 0 spiro atoms. The molecule has 10 heavy (non-hydrogen) atoms. The predicted octanol–water partition coefficient (Wildman–Crippen LogP) is 0.363. The molecule has 1 saturated carbocycles. The normalized spacial score (nSPS) is 34.2. The van der Waals surface area contributed by atoms with Gasteiger partial charge in [-0.25, -0.2) is 5.32 Å². The summed E-state index contributed by atoms with van der Waals surface area (Å²) in [6.45, 7) is 3.27. The monoisotopic (exact) mass is 139 g/mol. The van der Waals surface area contributed by atoms with Crippen molar-refractivity contribution in [2.45, 2.75) is 25.3 Å². The van der Waals surface area contributed by atoms with Crippen molar-refractivity contribution in [2.75, 3.05) is 19.6 Å². The number of nitrogens with one attached hydrogen (secondary N) is 1. The van der Waals surface area contributed by atoms with Gasteiger partial charge in [-0.05, 0) is 12.3 Å². The first-order chi connectivity index (χ1) is 4.95. The van der Waals surface area contributed by atoms with Crippen molar-refractivity contribution in [2.24, 2.45) is 5.92 Å². The van der Waals surface area contributed by atoms with E-state index >= 15 is 0 Å². The lowest BCUT2D eigenvalue weighted by Gasteiger charge is -2.22. The van der Waals surface area contributed by atoms with Crippen LogP contribution in [0.3, 0.4) is 0 Å². The molecule has 2 aliphatic rings. The molecule has 0 aromatic carbocycles. The highest BCUT2D eigenvalue weighted by molar-refractivity contribution is 4.83. The van der Waals surface area contributed by atoms with Crippen molar-refractivity contribution in [3.8, 4) is 0 Å². The van der Waals surface area contributed by atoms with Crippen LogP contribution >= 0.6 is 0 Å². The topological polar surface area (TPSA) is 26.1 Å². The van der Waals surface area contributed by atoms with Crippen LogP contribution in [0.5, 0.6) is 0 Å². The fourth-order valence-electron chi connectivity index (χ4n) is 1.56. The molecule has 2 heteroatoms. The Morgan fingerprint density at radius 2 is 2.30 bits per heavy atom. The fraction of sp³-hybridized carbons (Fsp3) is 1.00. The van der Waals surface area contributed by atoms with Crippen molar-refractivity contribution in [3.05, 3.63) is 0 Å². The third kappa shape index (κ3) is 1.70. The van der Waals surface area contributed by atoms with Gasteiger partial charge in [-0.2, -0.15) is 0 Å². The molecule has 57 valence electrons. The third-order valence-electron chi connectivity index (χ3n) is 2.36. The SMILES string of the molecule is C1CNCC(CC2CC2)[N]1. The maximum atomic E-state index is 4.55. The van der Waals surface area contributed by atoms with Crippen LogP contribution < -0.4 is 10.6 Å². The summed E-state index contributed by atoms with van der Waals surface area (Å²) in [6.07, 6.45) is 4.28. The molecule has 1 aliphatic carbocycles. The largest absolute Gasteiger partial charge is 0.314 e. The third-order valence-corrected chi connectivity index (χ3v) is 2.36. The van der Waals surface area contributed by atoms with Gasteiger partial charge >= 0.3 is 0 Å². The van der Waals surface area contributed by atoms with E-state index in [0.717, 1.165) is 25.6 Å². The Hall–Kier alpha value is -0.0800. The maximum Gasteiger partial charge on any atom is 0.0373 e. The quantitative estimate of drug-likeness (QED) is 0.587. The predicted molar refractivity (Wildman–Crippen MR) is 41.0 cm³/mol. The zero-order valence-corrected chi connectivity index (χ0v) is 6.34. The van der Waals surface area contributed by atoms with Crippen molar-refractivity contribution in [1.82, 2.24) is 10.6 Å². The Labute approximate surface area is 62.4 Å². The van der Waals surface area contributed by atoms with Gasteiger partial charge in [-0.3, -0.25) is 0 Å². The summed E-state index contributed by atoms with van der Waals surface area (Å²) < 4.78 is 0. The summed E-state index contributed by atoms with van der Waals surface area (Å²) >= 11 is 0. The van der Waals surface area contributed by atoms with Gasteiger partial charge in [0, 0.05) is 25.7 Å². The average molecular weight is 139 g/mol. The molecule has 0 aromatic heterocycles. The molecule has 2 fully saturated rings. The van der Waals surface area contributed by atoms with Gasteiger partial charge in [-0.15, -0.1) is 0 Å². The van der Waals surface area contributed by atoms with Gasteiger partial charge in [0.2, 0.25) is 0 Å². The van der Waals surface area contributed by atoms with Crippen LogP contribution in [0.2, 0.25) is 0 Å². The molecule has 0 aromatic rings. The summed E-state index contributed by atoms with van der Waals surface area (Å²) in [5.41, 5.74) is 0. The van der Waals surface area contributed by atoms with Crippen LogP contribution in [0.25, 0.3) is 0 Å². The first-order valence-corrected chi connectivity index (χ1v) is 4.32. The fourth-order valence-corrected chi connectivity index (χ4v) is 1.56. The minimum atomic E-state index is 0.654. The standard InChI is InChI=1S/C8H15N2/c1-2-7(1)5-8-6-9-3-4-10-8/h7-9H,1-6H2. The van der Waals surface area contributed by atoms with E-state index in [9.17, 15) is 0 Å². The minimum absolute atomic E-state index is 0.654. The molecule has 1 aliphatic heterocycles. The van der Waals surface area contributed by atoms with Crippen molar-refractivity contribution >= 4 is 0 Å². The number of nitrogens with zero attached hydrogens (tertiary/aromatic N) is 1. The Bertz CT molecular complexity index is 104. The lowest BCUT2D eigenvalue weighted by Crippen LogP contribution is -2.44. The van der Waals surface area contributed by atoms with Gasteiger partial charge < -0.3 is 5.32 Å². The smallest absolute Gasteiger partial charge is 0.0373 e. The summed E-state index contributed by atoms with van der Waals surface area (Å²) in [7, 11) is 0. The van der Waals surface area contributed by atoms with Gasteiger partial charge in [0.15, 0.2) is 0 Å². The van der Waals surface area contributed by atoms with E-state index in [-0.39, 0.29) is 0 Å². The zero-order chi connectivity index (χ0) is 6.81. The zero-order valence-electron chi connectivity index (χ0n) is 6.34. The molecule has 1 heterocycles. The molecule has 2 nitrogen and oxygen atoms in total. The second kappa shape index (κ2) is 2.89. The van der Waals surface area contributed by atoms with Crippen molar-refractivity contribution in [3.63, 3.8) is 0 Å². The van der Waals surface area contributed by atoms with E-state index in [0.29, 0.717) is 6.04 Å². The van der Waals surface area contributed by atoms with Crippen LogP contribution in [0.15, 0.2) is 0 Å². The molecular formula is C8H15N2. The molecule has 1 saturated heterocycles. The minimum Gasteiger partial charge on any atom is -0.314 e. The molecule has 0 bridgehead atoms. The Morgan fingerprint density at radius 3 is 2.90 bits per heavy atom. The second-order valence-corrected chi connectivity index (χ2v) is 3.44. The van der Waals surface area contributed by atoms with Crippen LogP contribution in [0.1, 0.15) is 19.3 Å². The lowest BCUT2D eigenvalue weighted by atomic mass is 10.1. The van der Waals surface area contributed by atoms with Crippen LogP contribution in [-0.4, -0.2) is 25.7 Å². The number of piperazine rings is 1. The van der Waals surface area contributed by atoms with Gasteiger partial charge in [0.05, 0.1) is 0 Å². The summed E-state index contributed by atoms with van der Waals surface area (Å²) in [4.78, 5) is 0. The van der Waals surface area contributed by atoms with Crippen LogP contribution in [0, 0.1) is 5.92 Å². The molecular weight excluding hydrogens is 124 g/mol. The van der Waals surface area contributed by atoms with E-state index in [4.69, 9.17) is 0 Å². The Morgan fingerprint density at radius 1 is 1.40 bits per heavy atom. The first-order valence-electron chi connectivity index (χ1n) is 4.32. The Balaban J connectivity index is 1.69. The van der Waals surface area contributed by atoms with E-state index in [1.807, 2.05) is 0 Å². The number of rotatable bonds is 2. The average Bonchev–Trinajstić information content (AvgIpc) is 2.74. The van der Waals surface area contributed by atoms with Gasteiger partial charge in [0.1, 0.15) is 0 Å². The van der Waals surface area contributed by atoms with Crippen LogP contribution in [-0.2, 0) is 0 Å². The highest BCUT2D eigenvalue weighted by Gasteiger charge is 2.26. The maximum absolute atomic E-state index is 4.55. The molecule has 1 radical (unpaired) electrons. The van der Waals surface area contributed by atoms with E-state index < -0.39 is 0 Å².